The summed E-state index contributed by atoms with van der Waals surface area (Å²) >= 11 is 0. The Balaban J connectivity index is 1.82. The van der Waals surface area contributed by atoms with Gasteiger partial charge in [-0.15, -0.1) is 0 Å². The number of benzene rings is 2. The molecule has 0 fully saturated rings. The van der Waals surface area contributed by atoms with Crippen LogP contribution in [0.15, 0.2) is 60.7 Å². The van der Waals surface area contributed by atoms with E-state index < -0.39 is 0 Å². The molecule has 0 spiro atoms. The maximum absolute atomic E-state index is 5.04. The van der Waals surface area contributed by atoms with Gasteiger partial charge in [-0.2, -0.15) is 9.61 Å². The van der Waals surface area contributed by atoms with Crippen molar-refractivity contribution in [2.24, 2.45) is 0 Å². The van der Waals surface area contributed by atoms with Crippen molar-refractivity contribution in [3.05, 3.63) is 83.2 Å². The van der Waals surface area contributed by atoms with Crippen molar-refractivity contribution in [3.63, 3.8) is 0 Å². The lowest BCUT2D eigenvalue weighted by Crippen LogP contribution is -3.05. The van der Waals surface area contributed by atoms with Crippen LogP contribution in [0.25, 0.3) is 16.8 Å². The van der Waals surface area contributed by atoms with Gasteiger partial charge in [0.1, 0.15) is 5.82 Å². The van der Waals surface area contributed by atoms with Crippen molar-refractivity contribution >= 4 is 11.5 Å². The second kappa shape index (κ2) is 9.31. The van der Waals surface area contributed by atoms with Crippen LogP contribution in [0.5, 0.6) is 0 Å². The van der Waals surface area contributed by atoms with E-state index in [1.807, 2.05) is 10.6 Å². The first kappa shape index (κ1) is 21.1. The quantitative estimate of drug-likeness (QED) is 0.434. The second-order valence-electron chi connectivity index (χ2n) is 8.49. The van der Waals surface area contributed by atoms with Gasteiger partial charge in [-0.1, -0.05) is 60.7 Å². The largest absolute Gasteiger partial charge is 0.369 e. The van der Waals surface area contributed by atoms with Crippen LogP contribution in [0.2, 0.25) is 0 Å². The summed E-state index contributed by atoms with van der Waals surface area (Å²) in [5.41, 5.74) is 7.71. The zero-order valence-corrected chi connectivity index (χ0v) is 18.9. The number of aryl methyl sites for hydroxylation is 2. The summed E-state index contributed by atoms with van der Waals surface area (Å²) in [6.07, 6.45) is 1.93. The number of nitrogens with zero attached hydrogens (tertiary/aromatic N) is 3. The number of hydrogen-bond acceptors (Lipinski definition) is 3. The Bertz CT molecular complexity index is 1150. The molecule has 2 aromatic heterocycles. The van der Waals surface area contributed by atoms with Gasteiger partial charge in [0, 0.05) is 36.2 Å². The lowest BCUT2D eigenvalue weighted by atomic mass is 10.0. The molecule has 160 valence electrons. The van der Waals surface area contributed by atoms with E-state index in [0.29, 0.717) is 0 Å². The van der Waals surface area contributed by atoms with Crippen LogP contribution in [-0.4, -0.2) is 41.8 Å². The van der Waals surface area contributed by atoms with Gasteiger partial charge in [-0.25, -0.2) is 4.98 Å². The zero-order valence-electron chi connectivity index (χ0n) is 18.9. The molecule has 0 amide bonds. The van der Waals surface area contributed by atoms with Crippen LogP contribution in [0, 0.1) is 13.8 Å². The van der Waals surface area contributed by atoms with Crippen LogP contribution in [0.1, 0.15) is 28.9 Å². The van der Waals surface area contributed by atoms with Gasteiger partial charge in [0.05, 0.1) is 26.3 Å². The molecule has 5 heteroatoms. The van der Waals surface area contributed by atoms with Crippen LogP contribution >= 0.6 is 0 Å². The first-order valence-electron chi connectivity index (χ1n) is 11.1. The monoisotopic (exact) mass is 414 g/mol. The molecule has 0 saturated heterocycles. The molecule has 2 aromatic carbocycles. The fraction of sp³-hybridized carbons (Fsp3) is 0.308. The Morgan fingerprint density at radius 2 is 1.58 bits per heavy atom. The lowest BCUT2D eigenvalue weighted by Gasteiger charge is -2.17. The van der Waals surface area contributed by atoms with E-state index in [9.17, 15) is 0 Å². The summed E-state index contributed by atoms with van der Waals surface area (Å²) in [6, 6.07) is 21.0. The third kappa shape index (κ3) is 4.62. The van der Waals surface area contributed by atoms with E-state index in [1.54, 1.807) is 0 Å². The fourth-order valence-electron chi connectivity index (χ4n) is 4.08. The molecule has 0 aliphatic rings. The van der Waals surface area contributed by atoms with Crippen molar-refractivity contribution in [1.29, 1.82) is 0 Å². The maximum Gasteiger partial charge on any atom is 0.165 e. The predicted molar refractivity (Wildman–Crippen MR) is 128 cm³/mol. The Labute approximate surface area is 184 Å². The number of aromatic nitrogens is 3. The average molecular weight is 415 g/mol. The second-order valence-corrected chi connectivity index (χ2v) is 8.49. The van der Waals surface area contributed by atoms with E-state index >= 15 is 0 Å². The molecule has 2 heterocycles. The summed E-state index contributed by atoms with van der Waals surface area (Å²) in [6.45, 7) is 6.22. The smallest absolute Gasteiger partial charge is 0.165 e. The van der Waals surface area contributed by atoms with E-state index in [1.165, 1.54) is 16.0 Å². The Kier molecular flexibility index (Phi) is 6.33. The van der Waals surface area contributed by atoms with Gasteiger partial charge < -0.3 is 10.2 Å². The van der Waals surface area contributed by atoms with Crippen LogP contribution in [0.4, 0.5) is 5.82 Å². The summed E-state index contributed by atoms with van der Waals surface area (Å²) < 4.78 is 2.02. The molecule has 0 unspecified atom stereocenters. The minimum atomic E-state index is 0.830. The minimum Gasteiger partial charge on any atom is -0.369 e. The van der Waals surface area contributed by atoms with Crippen molar-refractivity contribution in [3.8, 4) is 11.1 Å². The van der Waals surface area contributed by atoms with Crippen molar-refractivity contribution in [1.82, 2.24) is 14.6 Å². The summed E-state index contributed by atoms with van der Waals surface area (Å²) in [5.74, 6) is 1.06. The van der Waals surface area contributed by atoms with Gasteiger partial charge in [0.15, 0.2) is 5.65 Å². The normalized spacial score (nSPS) is 11.4. The number of quaternary nitrogens is 1. The number of nitrogens with one attached hydrogen (secondary N) is 2. The van der Waals surface area contributed by atoms with Gasteiger partial charge in [-0.3, -0.25) is 0 Å². The minimum absolute atomic E-state index is 0.830. The first-order chi connectivity index (χ1) is 15.0. The molecule has 31 heavy (non-hydrogen) atoms. The Morgan fingerprint density at radius 1 is 0.903 bits per heavy atom. The molecule has 0 atom stereocenters. The highest BCUT2D eigenvalue weighted by atomic mass is 15.3. The first-order valence-corrected chi connectivity index (χ1v) is 11.1. The van der Waals surface area contributed by atoms with E-state index in [-0.39, 0.29) is 0 Å². The molecule has 5 nitrogen and oxygen atoms in total. The molecule has 2 N–H and O–H groups in total. The Hall–Kier alpha value is -3.18. The van der Waals surface area contributed by atoms with Crippen LogP contribution in [0.3, 0.4) is 0 Å². The molecule has 4 aromatic rings. The standard InChI is InChI=1S/C26H31N5/c1-19-23(18-21-12-7-5-8-13-21)25(27-16-11-17-30(3)4)31-26(28-19)24(20(2)29-31)22-14-9-6-10-15-22/h5-10,12-15,27H,11,16-18H2,1-4H3/p+1. The van der Waals surface area contributed by atoms with Gasteiger partial charge in [0.25, 0.3) is 0 Å². The lowest BCUT2D eigenvalue weighted by molar-refractivity contribution is -0.858. The predicted octanol–water partition coefficient (Wildman–Crippen LogP) is 3.55. The van der Waals surface area contributed by atoms with Gasteiger partial charge in [0.2, 0.25) is 0 Å². The summed E-state index contributed by atoms with van der Waals surface area (Å²) in [7, 11) is 4.39. The summed E-state index contributed by atoms with van der Waals surface area (Å²) in [5, 5.41) is 8.64. The maximum atomic E-state index is 5.04. The molecule has 4 rings (SSSR count). The van der Waals surface area contributed by atoms with Crippen LogP contribution < -0.4 is 10.2 Å². The highest BCUT2D eigenvalue weighted by molar-refractivity contribution is 5.81. The molecule has 0 bridgehead atoms. The third-order valence-corrected chi connectivity index (χ3v) is 5.68. The highest BCUT2D eigenvalue weighted by Gasteiger charge is 2.20. The van der Waals surface area contributed by atoms with E-state index in [4.69, 9.17) is 10.1 Å². The molecule has 0 aliphatic carbocycles. The zero-order chi connectivity index (χ0) is 21.8. The number of hydrogen-bond donors (Lipinski definition) is 2. The third-order valence-electron chi connectivity index (χ3n) is 5.68. The van der Waals surface area contributed by atoms with Crippen molar-refractivity contribution < 1.29 is 4.90 Å². The van der Waals surface area contributed by atoms with Crippen molar-refractivity contribution in [2.75, 3.05) is 32.5 Å². The molecule has 0 aliphatic heterocycles. The number of rotatable bonds is 8. The topological polar surface area (TPSA) is 46.7 Å². The number of fused-ring (bicyclic) bond motifs is 1. The molecule has 0 radical (unpaired) electrons. The van der Waals surface area contributed by atoms with Crippen LogP contribution in [-0.2, 0) is 6.42 Å². The van der Waals surface area contributed by atoms with Gasteiger partial charge >= 0.3 is 0 Å². The average Bonchev–Trinajstić information content (AvgIpc) is 3.09. The SMILES string of the molecule is Cc1nc2c(-c3ccccc3)c(C)nn2c(NCCC[NH+](C)C)c1Cc1ccccc1. The van der Waals surface area contributed by atoms with E-state index in [0.717, 1.165) is 59.9 Å². The Morgan fingerprint density at radius 3 is 2.26 bits per heavy atom. The molecular formula is C26H32N5+. The van der Waals surface area contributed by atoms with E-state index in [2.05, 4.69) is 87.9 Å². The highest BCUT2D eigenvalue weighted by Crippen LogP contribution is 2.31. The number of anilines is 1. The molecule has 0 saturated carbocycles. The van der Waals surface area contributed by atoms with Gasteiger partial charge in [-0.05, 0) is 25.0 Å². The summed E-state index contributed by atoms with van der Waals surface area (Å²) in [4.78, 5) is 6.50. The van der Waals surface area contributed by atoms with Crippen molar-refractivity contribution in [2.45, 2.75) is 26.7 Å². The molecular weight excluding hydrogens is 382 g/mol. The fourth-order valence-corrected chi connectivity index (χ4v) is 4.08.